The first kappa shape index (κ1) is 16.1. The van der Waals surface area contributed by atoms with Gasteiger partial charge in [0.05, 0.1) is 0 Å². The molecule has 3 atom stereocenters. The van der Waals surface area contributed by atoms with Crippen LogP contribution in [0.5, 0.6) is 0 Å². The average Bonchev–Trinajstić information content (AvgIpc) is 2.76. The number of hydrogen-bond donors (Lipinski definition) is 1. The number of carbonyl (C=O) groups excluding carboxylic acids is 1. The van der Waals surface area contributed by atoms with Crippen LogP contribution in [-0.2, 0) is 14.3 Å². The molecule has 1 amide bonds. The summed E-state index contributed by atoms with van der Waals surface area (Å²) in [6.45, 7) is -2.23. The molecule has 1 N–H and O–H groups in total. The van der Waals surface area contributed by atoms with E-state index in [0.29, 0.717) is 12.8 Å². The fourth-order valence-electron chi connectivity index (χ4n) is 3.37. The summed E-state index contributed by atoms with van der Waals surface area (Å²) in [6.07, 6.45) is -0.641. The molecule has 1 saturated carbocycles. The molecule has 21 heavy (non-hydrogen) atoms. The van der Waals surface area contributed by atoms with E-state index in [9.17, 15) is 27.9 Å². The highest BCUT2D eigenvalue weighted by atomic mass is 19.4. The zero-order valence-corrected chi connectivity index (χ0v) is 11.4. The molecule has 0 aromatic rings. The summed E-state index contributed by atoms with van der Waals surface area (Å²) in [7, 11) is 0. The highest BCUT2D eigenvalue weighted by Gasteiger charge is 2.47. The van der Waals surface area contributed by atoms with Gasteiger partial charge in [-0.15, -0.1) is 0 Å². The third-order valence-electron chi connectivity index (χ3n) is 4.15. The highest BCUT2D eigenvalue weighted by molar-refractivity contribution is 5.85. The summed E-state index contributed by atoms with van der Waals surface area (Å²) < 4.78 is 40.4. The van der Waals surface area contributed by atoms with Crippen LogP contribution in [0.2, 0.25) is 0 Å². The van der Waals surface area contributed by atoms with E-state index in [1.165, 1.54) is 4.90 Å². The SMILES string of the molecule is O=C(O)[C@@H]1C[C@@H]2CCCC[C@@H]2N1C(=O)COCC(F)(F)F. The van der Waals surface area contributed by atoms with E-state index < -0.39 is 37.3 Å². The first-order valence-corrected chi connectivity index (χ1v) is 6.98. The molecule has 8 heteroatoms. The minimum atomic E-state index is -4.50. The molecule has 0 aromatic heterocycles. The second kappa shape index (κ2) is 6.21. The van der Waals surface area contributed by atoms with E-state index in [2.05, 4.69) is 4.74 Å². The van der Waals surface area contributed by atoms with E-state index in [-0.39, 0.29) is 12.0 Å². The molecule has 0 aromatic carbocycles. The summed E-state index contributed by atoms with van der Waals surface area (Å²) in [5, 5.41) is 9.22. The van der Waals surface area contributed by atoms with Gasteiger partial charge in [0, 0.05) is 6.04 Å². The van der Waals surface area contributed by atoms with E-state index in [4.69, 9.17) is 0 Å². The van der Waals surface area contributed by atoms with Gasteiger partial charge >= 0.3 is 12.1 Å². The van der Waals surface area contributed by atoms with Gasteiger partial charge in [-0.25, -0.2) is 4.79 Å². The number of amides is 1. The Kier molecular flexibility index (Phi) is 4.75. The summed E-state index contributed by atoms with van der Waals surface area (Å²) in [6, 6.07) is -1.12. The summed E-state index contributed by atoms with van der Waals surface area (Å²) in [5.41, 5.74) is 0. The highest BCUT2D eigenvalue weighted by Crippen LogP contribution is 2.39. The minimum absolute atomic E-state index is 0.131. The Labute approximate surface area is 120 Å². The number of carboxylic acids is 1. The molecule has 5 nitrogen and oxygen atoms in total. The van der Waals surface area contributed by atoms with E-state index >= 15 is 0 Å². The summed E-state index contributed by atoms with van der Waals surface area (Å²) in [5.74, 6) is -1.64. The molecule has 1 aliphatic carbocycles. The molecule has 0 radical (unpaired) electrons. The number of likely N-dealkylation sites (tertiary alicyclic amines) is 1. The van der Waals surface area contributed by atoms with Crippen molar-refractivity contribution in [2.24, 2.45) is 5.92 Å². The Morgan fingerprint density at radius 1 is 1.24 bits per heavy atom. The summed E-state index contributed by atoms with van der Waals surface area (Å²) >= 11 is 0. The number of ether oxygens (including phenoxy) is 1. The van der Waals surface area contributed by atoms with Gasteiger partial charge in [0.25, 0.3) is 0 Å². The smallest absolute Gasteiger partial charge is 0.411 e. The third kappa shape index (κ3) is 3.87. The van der Waals surface area contributed by atoms with Crippen LogP contribution in [0.25, 0.3) is 0 Å². The van der Waals surface area contributed by atoms with Crippen molar-refractivity contribution < 1.29 is 32.6 Å². The number of rotatable bonds is 4. The van der Waals surface area contributed by atoms with Crippen molar-refractivity contribution in [1.29, 1.82) is 0 Å². The Hall–Kier alpha value is -1.31. The van der Waals surface area contributed by atoms with E-state index in [1.807, 2.05) is 0 Å². The standard InChI is InChI=1S/C13H18F3NO4/c14-13(15,16)7-21-6-11(18)17-9-4-2-1-3-8(9)5-10(17)12(19)20/h8-10H,1-7H2,(H,19,20)/t8-,9-,10-/m0/s1. The van der Waals surface area contributed by atoms with Crippen LogP contribution in [0.1, 0.15) is 32.1 Å². The monoisotopic (exact) mass is 309 g/mol. The molecule has 1 heterocycles. The van der Waals surface area contributed by atoms with Crippen molar-refractivity contribution in [2.45, 2.75) is 50.4 Å². The van der Waals surface area contributed by atoms with Gasteiger partial charge in [-0.1, -0.05) is 12.8 Å². The first-order chi connectivity index (χ1) is 9.79. The van der Waals surface area contributed by atoms with Gasteiger partial charge in [-0.3, -0.25) is 4.79 Å². The minimum Gasteiger partial charge on any atom is -0.480 e. The molecule has 1 saturated heterocycles. The second-order valence-corrected chi connectivity index (χ2v) is 5.61. The first-order valence-electron chi connectivity index (χ1n) is 6.98. The van der Waals surface area contributed by atoms with Crippen LogP contribution in [-0.4, -0.2) is 53.4 Å². The number of alkyl halides is 3. The lowest BCUT2D eigenvalue weighted by molar-refractivity contribution is -0.179. The quantitative estimate of drug-likeness (QED) is 0.860. The van der Waals surface area contributed by atoms with Gasteiger partial charge in [0.1, 0.15) is 19.3 Å². The van der Waals surface area contributed by atoms with Gasteiger partial charge in [-0.05, 0) is 25.2 Å². The van der Waals surface area contributed by atoms with Gasteiger partial charge in [-0.2, -0.15) is 13.2 Å². The van der Waals surface area contributed by atoms with Crippen molar-refractivity contribution in [1.82, 2.24) is 4.90 Å². The van der Waals surface area contributed by atoms with Crippen LogP contribution >= 0.6 is 0 Å². The lowest BCUT2D eigenvalue weighted by Crippen LogP contribution is -2.47. The number of aliphatic carboxylic acids is 1. The largest absolute Gasteiger partial charge is 0.480 e. The van der Waals surface area contributed by atoms with Crippen molar-refractivity contribution in [3.63, 3.8) is 0 Å². The molecular weight excluding hydrogens is 291 g/mol. The van der Waals surface area contributed by atoms with Crippen molar-refractivity contribution in [2.75, 3.05) is 13.2 Å². The summed E-state index contributed by atoms with van der Waals surface area (Å²) in [4.78, 5) is 24.6. The van der Waals surface area contributed by atoms with Crippen LogP contribution in [0.3, 0.4) is 0 Å². The molecule has 1 aliphatic heterocycles. The van der Waals surface area contributed by atoms with Gasteiger partial charge in [0.15, 0.2) is 0 Å². The van der Waals surface area contributed by atoms with Crippen molar-refractivity contribution in [3.8, 4) is 0 Å². The van der Waals surface area contributed by atoms with Crippen LogP contribution in [0.15, 0.2) is 0 Å². The lowest BCUT2D eigenvalue weighted by atomic mass is 9.85. The normalized spacial score (nSPS) is 29.3. The van der Waals surface area contributed by atoms with Crippen molar-refractivity contribution in [3.05, 3.63) is 0 Å². The van der Waals surface area contributed by atoms with Crippen LogP contribution in [0, 0.1) is 5.92 Å². The molecule has 2 rings (SSSR count). The van der Waals surface area contributed by atoms with E-state index in [1.54, 1.807) is 0 Å². The molecular formula is C13H18F3NO4. The zero-order chi connectivity index (χ0) is 15.6. The Bertz CT molecular complexity index is 413. The van der Waals surface area contributed by atoms with Crippen LogP contribution in [0.4, 0.5) is 13.2 Å². The average molecular weight is 309 g/mol. The second-order valence-electron chi connectivity index (χ2n) is 5.61. The maximum absolute atomic E-state index is 12.1. The number of carboxylic acid groups (broad SMARTS) is 1. The Morgan fingerprint density at radius 3 is 2.52 bits per heavy atom. The van der Waals surface area contributed by atoms with E-state index in [0.717, 1.165) is 19.3 Å². The van der Waals surface area contributed by atoms with Gasteiger partial charge < -0.3 is 14.7 Å². The maximum Gasteiger partial charge on any atom is 0.411 e. The maximum atomic E-state index is 12.1. The zero-order valence-electron chi connectivity index (χ0n) is 11.4. The fourth-order valence-corrected chi connectivity index (χ4v) is 3.37. The third-order valence-corrected chi connectivity index (χ3v) is 4.15. The molecule has 0 spiro atoms. The number of halogens is 3. The Morgan fingerprint density at radius 2 is 1.90 bits per heavy atom. The molecule has 120 valence electrons. The van der Waals surface area contributed by atoms with Crippen molar-refractivity contribution >= 4 is 11.9 Å². The number of hydrogen-bond acceptors (Lipinski definition) is 3. The molecule has 0 bridgehead atoms. The molecule has 0 unspecified atom stereocenters. The molecule has 2 fully saturated rings. The number of carbonyl (C=O) groups is 2. The topological polar surface area (TPSA) is 66.8 Å². The predicted octanol–water partition coefficient (Wildman–Crippen LogP) is 1.81. The number of fused-ring (bicyclic) bond motifs is 1. The predicted molar refractivity (Wildman–Crippen MR) is 65.5 cm³/mol. The van der Waals surface area contributed by atoms with Crippen LogP contribution < -0.4 is 0 Å². The Balaban J connectivity index is 2.00. The number of nitrogens with zero attached hydrogens (tertiary/aromatic N) is 1. The molecule has 2 aliphatic rings. The lowest BCUT2D eigenvalue weighted by Gasteiger charge is -2.32. The van der Waals surface area contributed by atoms with Gasteiger partial charge in [0.2, 0.25) is 5.91 Å². The fraction of sp³-hybridized carbons (Fsp3) is 0.846.